The van der Waals surface area contributed by atoms with Gasteiger partial charge in [-0.25, -0.2) is 0 Å². The van der Waals surface area contributed by atoms with E-state index in [-0.39, 0.29) is 11.4 Å². The number of methoxy groups -OCH3 is 1. The van der Waals surface area contributed by atoms with E-state index < -0.39 is 0 Å². The Morgan fingerprint density at radius 2 is 2.28 bits per heavy atom. The first-order valence-corrected chi connectivity index (χ1v) is 6.74. The second-order valence-corrected chi connectivity index (χ2v) is 5.70. The second kappa shape index (κ2) is 5.28. The predicted molar refractivity (Wildman–Crippen MR) is 74.7 cm³/mol. The van der Waals surface area contributed by atoms with Gasteiger partial charge in [-0.15, -0.1) is 0 Å². The number of hydrogen-bond acceptors (Lipinski definition) is 3. The third-order valence-electron chi connectivity index (χ3n) is 3.30. The van der Waals surface area contributed by atoms with Gasteiger partial charge >= 0.3 is 0 Å². The highest BCUT2D eigenvalue weighted by molar-refractivity contribution is 9.10. The van der Waals surface area contributed by atoms with Crippen LogP contribution in [0.4, 0.5) is 5.69 Å². The number of nitrogens with two attached hydrogens (primary N) is 1. The summed E-state index contributed by atoms with van der Waals surface area (Å²) in [5.74, 6) is 0.583. The van der Waals surface area contributed by atoms with Crippen LogP contribution in [0.2, 0.25) is 0 Å². The predicted octanol–water partition coefficient (Wildman–Crippen LogP) is 2.67. The SMILES string of the molecule is COc1ccc(Br)cc1NC(=O)CC1(N)CCC1. The summed E-state index contributed by atoms with van der Waals surface area (Å²) in [6.07, 6.45) is 3.33. The topological polar surface area (TPSA) is 64.3 Å². The van der Waals surface area contributed by atoms with Crippen LogP contribution >= 0.6 is 15.9 Å². The van der Waals surface area contributed by atoms with E-state index in [0.29, 0.717) is 17.9 Å². The average Bonchev–Trinajstić information content (AvgIpc) is 2.27. The first-order chi connectivity index (χ1) is 8.52. The Labute approximate surface area is 115 Å². The Kier molecular flexibility index (Phi) is 3.92. The van der Waals surface area contributed by atoms with Crippen molar-refractivity contribution in [1.29, 1.82) is 0 Å². The van der Waals surface area contributed by atoms with Crippen molar-refractivity contribution in [1.82, 2.24) is 0 Å². The van der Waals surface area contributed by atoms with E-state index in [4.69, 9.17) is 10.5 Å². The molecular weight excluding hydrogens is 296 g/mol. The molecule has 0 atom stereocenters. The van der Waals surface area contributed by atoms with Gasteiger partial charge in [0.1, 0.15) is 5.75 Å². The minimum Gasteiger partial charge on any atom is -0.495 e. The van der Waals surface area contributed by atoms with E-state index in [2.05, 4.69) is 21.2 Å². The third-order valence-corrected chi connectivity index (χ3v) is 3.79. The van der Waals surface area contributed by atoms with E-state index in [0.717, 1.165) is 23.7 Å². The van der Waals surface area contributed by atoms with Crippen LogP contribution in [0.3, 0.4) is 0 Å². The van der Waals surface area contributed by atoms with Crippen molar-refractivity contribution in [2.24, 2.45) is 5.73 Å². The van der Waals surface area contributed by atoms with E-state index in [1.807, 2.05) is 12.1 Å². The van der Waals surface area contributed by atoms with Crippen LogP contribution in [0.5, 0.6) is 5.75 Å². The molecule has 0 saturated heterocycles. The van der Waals surface area contributed by atoms with Crippen LogP contribution in [0.1, 0.15) is 25.7 Å². The summed E-state index contributed by atoms with van der Waals surface area (Å²) in [5.41, 5.74) is 6.42. The molecule has 18 heavy (non-hydrogen) atoms. The highest BCUT2D eigenvalue weighted by Gasteiger charge is 2.34. The van der Waals surface area contributed by atoms with Gasteiger partial charge in [0.15, 0.2) is 0 Å². The number of nitrogens with one attached hydrogen (secondary N) is 1. The number of halogens is 1. The van der Waals surface area contributed by atoms with Crippen LogP contribution in [0.15, 0.2) is 22.7 Å². The van der Waals surface area contributed by atoms with Crippen LogP contribution in [0.25, 0.3) is 0 Å². The van der Waals surface area contributed by atoms with Gasteiger partial charge in [-0.3, -0.25) is 4.79 Å². The summed E-state index contributed by atoms with van der Waals surface area (Å²) in [5, 5.41) is 2.85. The van der Waals surface area contributed by atoms with Crippen LogP contribution < -0.4 is 15.8 Å². The minimum atomic E-state index is -0.302. The Hall–Kier alpha value is -1.07. The molecule has 0 heterocycles. The number of hydrogen-bond donors (Lipinski definition) is 2. The molecule has 0 spiro atoms. The monoisotopic (exact) mass is 312 g/mol. The molecule has 2 rings (SSSR count). The van der Waals surface area contributed by atoms with Gasteiger partial charge in [0.25, 0.3) is 0 Å². The summed E-state index contributed by atoms with van der Waals surface area (Å²) in [6.45, 7) is 0. The minimum absolute atomic E-state index is 0.0615. The quantitative estimate of drug-likeness (QED) is 0.898. The maximum Gasteiger partial charge on any atom is 0.226 e. The molecule has 0 bridgehead atoms. The standard InChI is InChI=1S/C13H17BrN2O2/c1-18-11-4-3-9(14)7-10(11)16-12(17)8-13(15)5-2-6-13/h3-4,7H,2,5-6,8,15H2,1H3,(H,16,17). The first-order valence-electron chi connectivity index (χ1n) is 5.95. The highest BCUT2D eigenvalue weighted by Crippen LogP contribution is 2.33. The molecule has 98 valence electrons. The molecule has 0 radical (unpaired) electrons. The van der Waals surface area contributed by atoms with E-state index in [1.54, 1.807) is 13.2 Å². The molecular formula is C13H17BrN2O2. The summed E-state index contributed by atoms with van der Waals surface area (Å²) < 4.78 is 6.10. The molecule has 0 aliphatic heterocycles. The smallest absolute Gasteiger partial charge is 0.226 e. The van der Waals surface area contributed by atoms with Gasteiger partial charge < -0.3 is 15.8 Å². The van der Waals surface area contributed by atoms with Crippen molar-refractivity contribution in [3.63, 3.8) is 0 Å². The summed E-state index contributed by atoms with van der Waals surface area (Å²) in [4.78, 5) is 11.9. The third kappa shape index (κ3) is 3.03. The Bertz CT molecular complexity index is 458. The summed E-state index contributed by atoms with van der Waals surface area (Å²) in [7, 11) is 1.58. The molecule has 1 aromatic carbocycles. The zero-order valence-electron chi connectivity index (χ0n) is 10.3. The molecule has 0 aromatic heterocycles. The van der Waals surface area contributed by atoms with Gasteiger partial charge in [0, 0.05) is 16.4 Å². The summed E-state index contributed by atoms with van der Waals surface area (Å²) in [6, 6.07) is 5.49. The van der Waals surface area contributed by atoms with Gasteiger partial charge in [0.05, 0.1) is 12.8 Å². The van der Waals surface area contributed by atoms with E-state index >= 15 is 0 Å². The molecule has 1 fully saturated rings. The number of amides is 1. The molecule has 1 amide bonds. The van der Waals surface area contributed by atoms with Crippen LogP contribution in [-0.4, -0.2) is 18.6 Å². The molecule has 1 aromatic rings. The average molecular weight is 313 g/mol. The number of benzene rings is 1. The number of rotatable bonds is 4. The van der Waals surface area contributed by atoms with Crippen molar-refractivity contribution < 1.29 is 9.53 Å². The fourth-order valence-corrected chi connectivity index (χ4v) is 2.46. The van der Waals surface area contributed by atoms with Gasteiger partial charge in [-0.1, -0.05) is 15.9 Å². The Balaban J connectivity index is 2.04. The van der Waals surface area contributed by atoms with Crippen LogP contribution in [-0.2, 0) is 4.79 Å². The fourth-order valence-electron chi connectivity index (χ4n) is 2.10. The normalized spacial score (nSPS) is 16.8. The van der Waals surface area contributed by atoms with Gasteiger partial charge in [-0.2, -0.15) is 0 Å². The largest absolute Gasteiger partial charge is 0.495 e. The van der Waals surface area contributed by atoms with E-state index in [1.165, 1.54) is 0 Å². The lowest BCUT2D eigenvalue weighted by atomic mass is 9.75. The number of ether oxygens (including phenoxy) is 1. The molecule has 3 N–H and O–H groups in total. The molecule has 1 aliphatic rings. The second-order valence-electron chi connectivity index (χ2n) is 4.79. The molecule has 1 saturated carbocycles. The summed E-state index contributed by atoms with van der Waals surface area (Å²) >= 11 is 3.37. The van der Waals surface area contributed by atoms with Gasteiger partial charge in [0.2, 0.25) is 5.91 Å². The molecule has 1 aliphatic carbocycles. The lowest BCUT2D eigenvalue weighted by Gasteiger charge is -2.37. The first kappa shape index (κ1) is 13.4. The van der Waals surface area contributed by atoms with Crippen molar-refractivity contribution >= 4 is 27.5 Å². The van der Waals surface area contributed by atoms with Gasteiger partial charge in [-0.05, 0) is 37.5 Å². The lowest BCUT2D eigenvalue weighted by molar-refractivity contribution is -0.118. The van der Waals surface area contributed by atoms with Crippen molar-refractivity contribution in [2.45, 2.75) is 31.2 Å². The highest BCUT2D eigenvalue weighted by atomic mass is 79.9. The van der Waals surface area contributed by atoms with Crippen molar-refractivity contribution in [3.8, 4) is 5.75 Å². The number of carbonyl (C=O) groups is 1. The van der Waals surface area contributed by atoms with Crippen molar-refractivity contribution in [3.05, 3.63) is 22.7 Å². The molecule has 5 heteroatoms. The number of anilines is 1. The Morgan fingerprint density at radius 1 is 1.56 bits per heavy atom. The number of carbonyl (C=O) groups excluding carboxylic acids is 1. The van der Waals surface area contributed by atoms with Crippen molar-refractivity contribution in [2.75, 3.05) is 12.4 Å². The zero-order valence-corrected chi connectivity index (χ0v) is 11.9. The Morgan fingerprint density at radius 3 is 2.83 bits per heavy atom. The molecule has 4 nitrogen and oxygen atoms in total. The molecule has 0 unspecified atom stereocenters. The van der Waals surface area contributed by atoms with E-state index in [9.17, 15) is 4.79 Å². The zero-order chi connectivity index (χ0) is 13.2. The maximum absolute atomic E-state index is 11.9. The lowest BCUT2D eigenvalue weighted by Crippen LogP contribution is -2.48. The fraction of sp³-hybridized carbons (Fsp3) is 0.462. The van der Waals surface area contributed by atoms with Crippen LogP contribution in [0, 0.1) is 0 Å². The maximum atomic E-state index is 11.9.